The molecule has 0 saturated heterocycles. The lowest BCUT2D eigenvalue weighted by molar-refractivity contribution is 0.706. The van der Waals surface area contributed by atoms with Crippen molar-refractivity contribution in [2.24, 2.45) is 0 Å². The molecule has 88 valence electrons. The number of aromatic amines is 1. The number of nitrogens with one attached hydrogen (secondary N) is 2. The summed E-state index contributed by atoms with van der Waals surface area (Å²) in [5.41, 5.74) is 6.00. The highest BCUT2D eigenvalue weighted by Gasteiger charge is 2.17. The van der Waals surface area contributed by atoms with E-state index in [1.165, 1.54) is 11.5 Å². The average molecular weight is 248 g/mol. The number of hydrogen-bond donors (Lipinski definition) is 3. The fraction of sp³-hybridized carbons (Fsp3) is 0.300. The van der Waals surface area contributed by atoms with Crippen LogP contribution in [0.25, 0.3) is 0 Å². The molecule has 6 nitrogen and oxygen atoms in total. The lowest BCUT2D eigenvalue weighted by Crippen LogP contribution is -2.11. The van der Waals surface area contributed by atoms with E-state index in [9.17, 15) is 0 Å². The summed E-state index contributed by atoms with van der Waals surface area (Å²) >= 11 is 1.19. The van der Waals surface area contributed by atoms with Crippen molar-refractivity contribution in [3.8, 4) is 6.07 Å². The van der Waals surface area contributed by atoms with Crippen molar-refractivity contribution in [3.63, 3.8) is 0 Å². The smallest absolute Gasteiger partial charge is 0.157 e. The van der Waals surface area contributed by atoms with E-state index in [1.807, 2.05) is 13.0 Å². The molecule has 0 aromatic carbocycles. The molecule has 0 spiro atoms. The minimum Gasteiger partial charge on any atom is -0.382 e. The van der Waals surface area contributed by atoms with Gasteiger partial charge >= 0.3 is 0 Å². The minimum absolute atomic E-state index is 0.0250. The Balaban J connectivity index is 2.22. The monoisotopic (exact) mass is 248 g/mol. The van der Waals surface area contributed by atoms with Gasteiger partial charge in [0.05, 0.1) is 6.04 Å². The molecular weight excluding hydrogens is 236 g/mol. The summed E-state index contributed by atoms with van der Waals surface area (Å²) in [4.78, 5) is 7.25. The number of rotatable bonds is 4. The standard InChI is InChI=1S/C10H12N6S/c1-2-7(9-13-3-4-14-9)15-10-6(5-11)8(12)16-17-10/h3-4,7,15H,2H2,1H3,(H2,12,16)(H,13,14). The molecule has 0 amide bonds. The molecule has 2 aromatic rings. The van der Waals surface area contributed by atoms with E-state index in [2.05, 4.69) is 19.7 Å². The number of H-pyrrole nitrogens is 1. The normalized spacial score (nSPS) is 12.0. The maximum atomic E-state index is 8.98. The Bertz CT molecular complexity index is 523. The molecule has 0 aliphatic heterocycles. The van der Waals surface area contributed by atoms with Crippen LogP contribution < -0.4 is 11.1 Å². The third kappa shape index (κ3) is 2.21. The van der Waals surface area contributed by atoms with E-state index in [-0.39, 0.29) is 11.9 Å². The van der Waals surface area contributed by atoms with Gasteiger partial charge in [-0.05, 0) is 18.0 Å². The first-order chi connectivity index (χ1) is 8.26. The molecule has 2 heterocycles. The van der Waals surface area contributed by atoms with E-state index in [1.54, 1.807) is 12.4 Å². The fourth-order valence-electron chi connectivity index (χ4n) is 1.50. The molecular formula is C10H12N6S. The molecule has 0 bridgehead atoms. The van der Waals surface area contributed by atoms with Gasteiger partial charge in [-0.1, -0.05) is 6.92 Å². The predicted octanol–water partition coefficient (Wildman–Crippen LogP) is 1.88. The zero-order valence-electron chi connectivity index (χ0n) is 9.27. The van der Waals surface area contributed by atoms with Crippen LogP contribution >= 0.6 is 11.5 Å². The van der Waals surface area contributed by atoms with Crippen molar-refractivity contribution in [2.75, 3.05) is 11.1 Å². The number of hydrogen-bond acceptors (Lipinski definition) is 6. The fourth-order valence-corrected chi connectivity index (χ4v) is 2.22. The summed E-state index contributed by atoms with van der Waals surface area (Å²) in [7, 11) is 0. The molecule has 1 atom stereocenters. The second kappa shape index (κ2) is 4.84. The molecule has 2 rings (SSSR count). The minimum atomic E-state index is 0.0250. The summed E-state index contributed by atoms with van der Waals surface area (Å²) in [5.74, 6) is 1.11. The summed E-state index contributed by atoms with van der Waals surface area (Å²) in [6, 6.07) is 2.07. The molecule has 0 radical (unpaired) electrons. The number of nitrogens with zero attached hydrogens (tertiary/aromatic N) is 3. The highest BCUT2D eigenvalue weighted by molar-refractivity contribution is 7.10. The number of nitriles is 1. The maximum absolute atomic E-state index is 8.98. The lowest BCUT2D eigenvalue weighted by Gasteiger charge is -2.14. The van der Waals surface area contributed by atoms with E-state index in [0.717, 1.165) is 12.2 Å². The molecule has 0 fully saturated rings. The summed E-state index contributed by atoms with van der Waals surface area (Å²) in [6.45, 7) is 2.04. The zero-order chi connectivity index (χ0) is 12.3. The van der Waals surface area contributed by atoms with Crippen LogP contribution in [0.4, 0.5) is 10.8 Å². The Hall–Kier alpha value is -2.07. The van der Waals surface area contributed by atoms with Crippen molar-refractivity contribution < 1.29 is 0 Å². The van der Waals surface area contributed by atoms with Crippen molar-refractivity contribution in [1.29, 1.82) is 5.26 Å². The Morgan fingerprint density at radius 3 is 3.12 bits per heavy atom. The quantitative estimate of drug-likeness (QED) is 0.766. The number of nitrogen functional groups attached to an aromatic ring is 1. The molecule has 4 N–H and O–H groups in total. The Morgan fingerprint density at radius 2 is 2.53 bits per heavy atom. The van der Waals surface area contributed by atoms with Crippen LogP contribution in [0.5, 0.6) is 0 Å². The van der Waals surface area contributed by atoms with Gasteiger partial charge < -0.3 is 16.0 Å². The number of nitrogens with two attached hydrogens (primary N) is 1. The zero-order valence-corrected chi connectivity index (χ0v) is 10.1. The van der Waals surface area contributed by atoms with Gasteiger partial charge in [0.15, 0.2) is 5.82 Å². The predicted molar refractivity (Wildman–Crippen MR) is 66.5 cm³/mol. The van der Waals surface area contributed by atoms with Crippen molar-refractivity contribution in [3.05, 3.63) is 23.8 Å². The lowest BCUT2D eigenvalue weighted by atomic mass is 10.2. The first-order valence-corrected chi connectivity index (χ1v) is 5.94. The number of anilines is 2. The third-order valence-electron chi connectivity index (χ3n) is 2.39. The molecule has 0 aliphatic rings. The Morgan fingerprint density at radius 1 is 1.71 bits per heavy atom. The van der Waals surface area contributed by atoms with Gasteiger partial charge in [0.2, 0.25) is 0 Å². The van der Waals surface area contributed by atoms with Gasteiger partial charge in [0.25, 0.3) is 0 Å². The van der Waals surface area contributed by atoms with E-state index in [4.69, 9.17) is 11.0 Å². The van der Waals surface area contributed by atoms with Gasteiger partial charge in [0, 0.05) is 12.4 Å². The van der Waals surface area contributed by atoms with E-state index < -0.39 is 0 Å². The average Bonchev–Trinajstić information content (AvgIpc) is 2.95. The Kier molecular flexibility index (Phi) is 3.25. The number of aromatic nitrogens is 3. The largest absolute Gasteiger partial charge is 0.382 e. The molecule has 1 unspecified atom stereocenters. The third-order valence-corrected chi connectivity index (χ3v) is 3.19. The Labute approximate surface area is 103 Å². The van der Waals surface area contributed by atoms with Crippen LogP contribution in [0.3, 0.4) is 0 Å². The first kappa shape index (κ1) is 11.4. The molecule has 0 saturated carbocycles. The van der Waals surface area contributed by atoms with Crippen molar-refractivity contribution in [1.82, 2.24) is 14.3 Å². The van der Waals surface area contributed by atoms with E-state index >= 15 is 0 Å². The highest BCUT2D eigenvalue weighted by Crippen LogP contribution is 2.29. The van der Waals surface area contributed by atoms with Gasteiger partial charge in [0.1, 0.15) is 22.5 Å². The highest BCUT2D eigenvalue weighted by atomic mass is 32.1. The summed E-state index contributed by atoms with van der Waals surface area (Å²) in [5, 5.41) is 12.9. The molecule has 2 aromatic heterocycles. The maximum Gasteiger partial charge on any atom is 0.157 e. The van der Waals surface area contributed by atoms with Gasteiger partial charge in [-0.25, -0.2) is 4.98 Å². The second-order valence-corrected chi connectivity index (χ2v) is 4.24. The van der Waals surface area contributed by atoms with Crippen LogP contribution in [0.1, 0.15) is 30.8 Å². The molecule has 7 heteroatoms. The second-order valence-electron chi connectivity index (χ2n) is 3.46. The van der Waals surface area contributed by atoms with E-state index in [0.29, 0.717) is 10.6 Å². The van der Waals surface area contributed by atoms with Crippen LogP contribution in [-0.2, 0) is 0 Å². The van der Waals surface area contributed by atoms with Crippen LogP contribution in [0, 0.1) is 11.3 Å². The van der Waals surface area contributed by atoms with Gasteiger partial charge in [-0.3, -0.25) is 0 Å². The first-order valence-electron chi connectivity index (χ1n) is 5.17. The van der Waals surface area contributed by atoms with Crippen molar-refractivity contribution in [2.45, 2.75) is 19.4 Å². The van der Waals surface area contributed by atoms with Crippen LogP contribution in [0.15, 0.2) is 12.4 Å². The van der Waals surface area contributed by atoms with Crippen LogP contribution in [0.2, 0.25) is 0 Å². The molecule has 0 aliphatic carbocycles. The summed E-state index contributed by atoms with van der Waals surface area (Å²) < 4.78 is 3.96. The topological polar surface area (TPSA) is 103 Å². The van der Waals surface area contributed by atoms with Crippen LogP contribution in [-0.4, -0.2) is 14.3 Å². The van der Waals surface area contributed by atoms with Gasteiger partial charge in [-0.2, -0.15) is 9.64 Å². The SMILES string of the molecule is CCC(Nc1snc(N)c1C#N)c1ncc[nH]1. The summed E-state index contributed by atoms with van der Waals surface area (Å²) in [6.07, 6.45) is 4.31. The molecule has 17 heavy (non-hydrogen) atoms. The number of imidazole rings is 1. The van der Waals surface area contributed by atoms with Gasteiger partial charge in [-0.15, -0.1) is 0 Å². The van der Waals surface area contributed by atoms with Crippen molar-refractivity contribution >= 4 is 22.4 Å².